The van der Waals surface area contributed by atoms with Crippen LogP contribution in [0.5, 0.6) is 0 Å². The van der Waals surface area contributed by atoms with Crippen molar-refractivity contribution in [2.24, 2.45) is 0 Å². The summed E-state index contributed by atoms with van der Waals surface area (Å²) in [5, 5.41) is 0. The summed E-state index contributed by atoms with van der Waals surface area (Å²) in [7, 11) is 0. The van der Waals surface area contributed by atoms with Crippen LogP contribution >= 0.6 is 0 Å². The summed E-state index contributed by atoms with van der Waals surface area (Å²) in [4.78, 5) is 0. The first-order valence-electron chi connectivity index (χ1n) is 5.16. The Balaban J connectivity index is 2.38. The number of ether oxygens (including phenoxy) is 1. The van der Waals surface area contributed by atoms with Gasteiger partial charge in [-0.05, 0) is 23.6 Å². The third-order valence-corrected chi connectivity index (χ3v) is 2.10. The molecular weight excluding hydrogens is 172 g/mol. The average Bonchev–Trinajstić information content (AvgIpc) is 2.25. The summed E-state index contributed by atoms with van der Waals surface area (Å²) in [6, 6.07) is 8.27. The van der Waals surface area contributed by atoms with Crippen LogP contribution < -0.4 is 0 Å². The van der Waals surface area contributed by atoms with Gasteiger partial charge in [-0.25, -0.2) is 0 Å². The minimum Gasteiger partial charge on any atom is -0.377 e. The van der Waals surface area contributed by atoms with Gasteiger partial charge < -0.3 is 4.74 Å². The van der Waals surface area contributed by atoms with E-state index < -0.39 is 0 Å². The predicted octanol–water partition coefficient (Wildman–Crippen LogP) is 3.65. The van der Waals surface area contributed by atoms with E-state index in [1.165, 1.54) is 12.0 Å². The SMILES string of the molecule is C=Cc1cccc(COCCCC)c1. The molecule has 0 fully saturated rings. The Hall–Kier alpha value is -1.08. The molecule has 0 aliphatic carbocycles. The fourth-order valence-corrected chi connectivity index (χ4v) is 1.25. The van der Waals surface area contributed by atoms with E-state index in [0.29, 0.717) is 6.61 Å². The summed E-state index contributed by atoms with van der Waals surface area (Å²) >= 11 is 0. The maximum absolute atomic E-state index is 5.53. The normalized spacial score (nSPS) is 10.1. The first kappa shape index (κ1) is 11.0. The van der Waals surface area contributed by atoms with Crippen molar-refractivity contribution in [3.05, 3.63) is 42.0 Å². The second-order valence-electron chi connectivity index (χ2n) is 3.36. The Labute approximate surface area is 86.4 Å². The monoisotopic (exact) mass is 190 g/mol. The van der Waals surface area contributed by atoms with Crippen molar-refractivity contribution in [1.82, 2.24) is 0 Å². The molecule has 0 spiro atoms. The van der Waals surface area contributed by atoms with E-state index in [2.05, 4.69) is 25.6 Å². The molecule has 0 saturated carbocycles. The predicted molar refractivity (Wildman–Crippen MR) is 61.1 cm³/mol. The van der Waals surface area contributed by atoms with E-state index >= 15 is 0 Å². The van der Waals surface area contributed by atoms with Gasteiger partial charge in [-0.1, -0.05) is 44.2 Å². The van der Waals surface area contributed by atoms with Gasteiger partial charge >= 0.3 is 0 Å². The molecule has 0 aliphatic rings. The summed E-state index contributed by atoms with van der Waals surface area (Å²) in [5.41, 5.74) is 2.38. The molecule has 1 rings (SSSR count). The van der Waals surface area contributed by atoms with Gasteiger partial charge in [0.2, 0.25) is 0 Å². The lowest BCUT2D eigenvalue weighted by molar-refractivity contribution is 0.118. The zero-order chi connectivity index (χ0) is 10.2. The number of hydrogen-bond donors (Lipinski definition) is 0. The molecule has 0 N–H and O–H groups in total. The molecule has 14 heavy (non-hydrogen) atoms. The Morgan fingerprint density at radius 1 is 1.43 bits per heavy atom. The van der Waals surface area contributed by atoms with Gasteiger partial charge in [0.05, 0.1) is 6.61 Å². The van der Waals surface area contributed by atoms with Crippen LogP contribution in [0.1, 0.15) is 30.9 Å². The van der Waals surface area contributed by atoms with Crippen LogP contribution in [0.15, 0.2) is 30.8 Å². The van der Waals surface area contributed by atoms with Gasteiger partial charge in [-0.15, -0.1) is 0 Å². The molecule has 0 aliphatic heterocycles. The molecule has 1 heteroatoms. The standard InChI is InChI=1S/C13H18O/c1-3-5-9-14-11-13-8-6-7-12(4-2)10-13/h4,6-8,10H,2-3,5,9,11H2,1H3. The van der Waals surface area contributed by atoms with Crippen molar-refractivity contribution < 1.29 is 4.74 Å². The number of hydrogen-bond acceptors (Lipinski definition) is 1. The highest BCUT2D eigenvalue weighted by molar-refractivity contribution is 5.47. The fraction of sp³-hybridized carbons (Fsp3) is 0.385. The number of rotatable bonds is 6. The summed E-state index contributed by atoms with van der Waals surface area (Å²) < 4.78 is 5.53. The highest BCUT2D eigenvalue weighted by Crippen LogP contribution is 2.07. The van der Waals surface area contributed by atoms with E-state index in [0.717, 1.165) is 18.6 Å². The van der Waals surface area contributed by atoms with E-state index in [1.807, 2.05) is 18.2 Å². The number of benzene rings is 1. The van der Waals surface area contributed by atoms with Crippen LogP contribution in [0.25, 0.3) is 6.08 Å². The van der Waals surface area contributed by atoms with Crippen molar-refractivity contribution in [2.45, 2.75) is 26.4 Å². The van der Waals surface area contributed by atoms with Crippen molar-refractivity contribution in [2.75, 3.05) is 6.61 Å². The Kier molecular flexibility index (Phi) is 5.02. The molecular formula is C13H18O. The molecule has 0 amide bonds. The van der Waals surface area contributed by atoms with Crippen molar-refractivity contribution in [3.63, 3.8) is 0 Å². The zero-order valence-electron chi connectivity index (χ0n) is 8.83. The maximum atomic E-state index is 5.53. The molecule has 1 aromatic rings. The van der Waals surface area contributed by atoms with E-state index in [1.54, 1.807) is 0 Å². The van der Waals surface area contributed by atoms with Crippen LogP contribution in [0.4, 0.5) is 0 Å². The van der Waals surface area contributed by atoms with Crippen LogP contribution in [0.3, 0.4) is 0 Å². The van der Waals surface area contributed by atoms with Gasteiger partial charge in [0.15, 0.2) is 0 Å². The summed E-state index contributed by atoms with van der Waals surface area (Å²) in [6.45, 7) is 7.48. The Morgan fingerprint density at radius 3 is 3.00 bits per heavy atom. The molecule has 0 aromatic heterocycles. The van der Waals surface area contributed by atoms with E-state index in [-0.39, 0.29) is 0 Å². The molecule has 1 aromatic carbocycles. The van der Waals surface area contributed by atoms with E-state index in [9.17, 15) is 0 Å². The lowest BCUT2D eigenvalue weighted by Gasteiger charge is -2.04. The van der Waals surface area contributed by atoms with Crippen LogP contribution in [-0.4, -0.2) is 6.61 Å². The highest BCUT2D eigenvalue weighted by atomic mass is 16.5. The molecule has 0 heterocycles. The van der Waals surface area contributed by atoms with E-state index in [4.69, 9.17) is 4.74 Å². The molecule has 0 saturated heterocycles. The zero-order valence-corrected chi connectivity index (χ0v) is 8.83. The topological polar surface area (TPSA) is 9.23 Å². The smallest absolute Gasteiger partial charge is 0.0717 e. The summed E-state index contributed by atoms with van der Waals surface area (Å²) in [5.74, 6) is 0. The summed E-state index contributed by atoms with van der Waals surface area (Å²) in [6.07, 6.45) is 4.18. The molecule has 1 nitrogen and oxygen atoms in total. The quantitative estimate of drug-likeness (QED) is 0.622. The largest absolute Gasteiger partial charge is 0.377 e. The van der Waals surface area contributed by atoms with Gasteiger partial charge in [0, 0.05) is 6.61 Å². The lowest BCUT2D eigenvalue weighted by atomic mass is 10.1. The third kappa shape index (κ3) is 3.75. The second kappa shape index (κ2) is 6.39. The maximum Gasteiger partial charge on any atom is 0.0717 e. The molecule has 0 atom stereocenters. The van der Waals surface area contributed by atoms with Gasteiger partial charge in [0.1, 0.15) is 0 Å². The third-order valence-electron chi connectivity index (χ3n) is 2.10. The minimum atomic E-state index is 0.710. The van der Waals surface area contributed by atoms with Crippen LogP contribution in [-0.2, 0) is 11.3 Å². The second-order valence-corrected chi connectivity index (χ2v) is 3.36. The molecule has 0 radical (unpaired) electrons. The van der Waals surface area contributed by atoms with Crippen molar-refractivity contribution >= 4 is 6.08 Å². The van der Waals surface area contributed by atoms with Crippen LogP contribution in [0.2, 0.25) is 0 Å². The molecule has 0 unspecified atom stereocenters. The first-order valence-corrected chi connectivity index (χ1v) is 5.16. The Morgan fingerprint density at radius 2 is 2.29 bits per heavy atom. The lowest BCUT2D eigenvalue weighted by Crippen LogP contribution is -1.95. The fourth-order valence-electron chi connectivity index (χ4n) is 1.25. The minimum absolute atomic E-state index is 0.710. The van der Waals surface area contributed by atoms with Gasteiger partial charge in [0.25, 0.3) is 0 Å². The molecule has 0 bridgehead atoms. The highest BCUT2D eigenvalue weighted by Gasteiger charge is 1.93. The van der Waals surface area contributed by atoms with Gasteiger partial charge in [-0.3, -0.25) is 0 Å². The van der Waals surface area contributed by atoms with Crippen molar-refractivity contribution in [1.29, 1.82) is 0 Å². The number of unbranched alkanes of at least 4 members (excludes halogenated alkanes) is 1. The Bertz CT molecular complexity index is 278. The van der Waals surface area contributed by atoms with Crippen molar-refractivity contribution in [3.8, 4) is 0 Å². The van der Waals surface area contributed by atoms with Crippen LogP contribution in [0, 0.1) is 0 Å². The van der Waals surface area contributed by atoms with Gasteiger partial charge in [-0.2, -0.15) is 0 Å². The first-order chi connectivity index (χ1) is 6.86. The average molecular weight is 190 g/mol. The molecule has 76 valence electrons.